The molecule has 18 heavy (non-hydrogen) atoms. The Balaban J connectivity index is 0.000000512. The molecule has 5 heteroatoms. The van der Waals surface area contributed by atoms with Gasteiger partial charge in [-0.3, -0.25) is 0 Å². The fourth-order valence-electron chi connectivity index (χ4n) is 1.41. The van der Waals surface area contributed by atoms with Crippen LogP contribution in [0.25, 0.3) is 10.8 Å². The van der Waals surface area contributed by atoms with E-state index >= 15 is 0 Å². The predicted octanol–water partition coefficient (Wildman–Crippen LogP) is 0.526. The number of carboxylic acid groups (broad SMARTS) is 1. The summed E-state index contributed by atoms with van der Waals surface area (Å²) >= 11 is 0. The quantitative estimate of drug-likeness (QED) is 0.697. The van der Waals surface area contributed by atoms with E-state index in [0.29, 0.717) is 18.7 Å². The zero-order valence-electron chi connectivity index (χ0n) is 9.47. The van der Waals surface area contributed by atoms with Gasteiger partial charge in [0, 0.05) is 13.1 Å². The van der Waals surface area contributed by atoms with E-state index in [2.05, 4.69) is 0 Å². The fraction of sp³-hybridized carbons (Fsp3) is 0.154. The topological polar surface area (TPSA) is 89.3 Å². The molecular weight excluding hydrogens is 256 g/mol. The predicted molar refractivity (Wildman–Crippen MR) is 77.6 cm³/mol. The van der Waals surface area contributed by atoms with E-state index in [0.717, 1.165) is 10.8 Å². The molecule has 0 spiro atoms. The second-order valence-electron chi connectivity index (χ2n) is 3.41. The van der Waals surface area contributed by atoms with E-state index in [4.69, 9.17) is 16.6 Å². The van der Waals surface area contributed by atoms with Crippen molar-refractivity contribution >= 4 is 54.5 Å². The Bertz CT molecular complexity index is 496. The Labute approximate surface area is 136 Å². The molecule has 0 unspecified atom stereocenters. The van der Waals surface area contributed by atoms with E-state index in [1.807, 2.05) is 30.3 Å². The molecule has 0 aromatic heterocycles. The molecule has 0 radical (unpaired) electrons. The Morgan fingerprint density at radius 2 is 1.56 bits per heavy atom. The summed E-state index contributed by atoms with van der Waals surface area (Å²) in [5.74, 6) is -0.878. The van der Waals surface area contributed by atoms with E-state index in [-0.39, 0.29) is 37.7 Å². The Hall–Kier alpha value is -0.650. The van der Waals surface area contributed by atoms with Gasteiger partial charge in [0.05, 0.1) is 5.56 Å². The van der Waals surface area contributed by atoms with Gasteiger partial charge >= 0.3 is 43.7 Å². The van der Waals surface area contributed by atoms with Crippen molar-refractivity contribution in [1.82, 2.24) is 0 Å². The number of benzene rings is 2. The third-order valence-electron chi connectivity index (χ3n) is 2.19. The van der Waals surface area contributed by atoms with Crippen LogP contribution in [-0.4, -0.2) is 61.9 Å². The van der Waals surface area contributed by atoms with Crippen LogP contribution >= 0.6 is 0 Å². The van der Waals surface area contributed by atoms with Crippen LogP contribution in [0.1, 0.15) is 10.4 Å². The summed E-state index contributed by atoms with van der Waals surface area (Å²) in [6, 6.07) is 12.7. The van der Waals surface area contributed by atoms with Crippen molar-refractivity contribution < 1.29 is 9.90 Å². The molecule has 0 bridgehead atoms. The number of hydrogen-bond donors (Lipinski definition) is 3. The normalized spacial score (nSPS) is 9.00. The zero-order valence-corrected chi connectivity index (χ0v) is 9.47. The molecule has 0 saturated heterocycles. The Morgan fingerprint density at radius 1 is 1.00 bits per heavy atom. The van der Waals surface area contributed by atoms with Crippen molar-refractivity contribution in [2.45, 2.75) is 0 Å². The molecular formula is C13H18CaN2O2. The SMILES string of the molecule is NCCN.O=C(O)c1cccc2ccccc12.[CaH2]. The van der Waals surface area contributed by atoms with Crippen LogP contribution in [0.2, 0.25) is 0 Å². The van der Waals surface area contributed by atoms with Crippen LogP contribution < -0.4 is 11.5 Å². The summed E-state index contributed by atoms with van der Waals surface area (Å²) in [5, 5.41) is 10.6. The molecule has 0 atom stereocenters. The van der Waals surface area contributed by atoms with Gasteiger partial charge in [0.25, 0.3) is 0 Å². The first-order valence-corrected chi connectivity index (χ1v) is 5.32. The van der Waals surface area contributed by atoms with Gasteiger partial charge in [-0.15, -0.1) is 0 Å². The third-order valence-corrected chi connectivity index (χ3v) is 2.19. The summed E-state index contributed by atoms with van der Waals surface area (Å²) in [4.78, 5) is 10.8. The standard InChI is InChI=1S/C11H8O2.C2H8N2.Ca.2H/c12-11(13)10-7-3-5-8-4-1-2-6-9(8)10;3-1-2-4;;;/h1-7H,(H,12,13);1-4H2;;;. The van der Waals surface area contributed by atoms with Crippen LogP contribution in [-0.2, 0) is 0 Å². The number of nitrogens with two attached hydrogens (primary N) is 2. The van der Waals surface area contributed by atoms with Crippen LogP contribution in [0.5, 0.6) is 0 Å². The van der Waals surface area contributed by atoms with Crippen molar-refractivity contribution in [1.29, 1.82) is 0 Å². The Morgan fingerprint density at radius 3 is 2.11 bits per heavy atom. The second-order valence-corrected chi connectivity index (χ2v) is 3.41. The number of rotatable bonds is 2. The number of aromatic carboxylic acids is 1. The molecule has 0 heterocycles. The monoisotopic (exact) mass is 274 g/mol. The minimum absolute atomic E-state index is 0. The number of carbonyl (C=O) groups is 1. The molecule has 5 N–H and O–H groups in total. The van der Waals surface area contributed by atoms with Crippen molar-refractivity contribution in [3.63, 3.8) is 0 Å². The van der Waals surface area contributed by atoms with E-state index < -0.39 is 5.97 Å². The Kier molecular flexibility index (Phi) is 8.97. The van der Waals surface area contributed by atoms with Gasteiger partial charge in [0.1, 0.15) is 0 Å². The average Bonchev–Trinajstić information content (AvgIpc) is 2.38. The molecule has 2 aromatic rings. The molecule has 4 nitrogen and oxygen atoms in total. The van der Waals surface area contributed by atoms with Gasteiger partial charge in [0.2, 0.25) is 0 Å². The van der Waals surface area contributed by atoms with Crippen LogP contribution in [0.15, 0.2) is 42.5 Å². The van der Waals surface area contributed by atoms with Gasteiger partial charge in [-0.1, -0.05) is 36.4 Å². The first-order chi connectivity index (χ1) is 8.20. The van der Waals surface area contributed by atoms with Gasteiger partial charge in [-0.05, 0) is 16.8 Å². The summed E-state index contributed by atoms with van der Waals surface area (Å²) in [7, 11) is 0. The molecule has 0 aliphatic heterocycles. The fourth-order valence-corrected chi connectivity index (χ4v) is 1.41. The summed E-state index contributed by atoms with van der Waals surface area (Å²) < 4.78 is 0. The van der Waals surface area contributed by atoms with Crippen LogP contribution in [0.4, 0.5) is 0 Å². The van der Waals surface area contributed by atoms with Gasteiger partial charge in [0.15, 0.2) is 0 Å². The summed E-state index contributed by atoms with van der Waals surface area (Å²) in [6.07, 6.45) is 0. The molecule has 0 saturated carbocycles. The minimum atomic E-state index is -0.878. The summed E-state index contributed by atoms with van der Waals surface area (Å²) in [5.41, 5.74) is 10.2. The van der Waals surface area contributed by atoms with Gasteiger partial charge < -0.3 is 16.6 Å². The molecule has 2 rings (SSSR count). The first kappa shape index (κ1) is 17.3. The van der Waals surface area contributed by atoms with Gasteiger partial charge in [-0.25, -0.2) is 4.79 Å². The molecule has 2 aromatic carbocycles. The van der Waals surface area contributed by atoms with Crippen LogP contribution in [0, 0.1) is 0 Å². The molecule has 0 aliphatic carbocycles. The zero-order chi connectivity index (χ0) is 12.7. The van der Waals surface area contributed by atoms with E-state index in [1.165, 1.54) is 0 Å². The third kappa shape index (κ3) is 4.92. The van der Waals surface area contributed by atoms with Crippen LogP contribution in [0.3, 0.4) is 0 Å². The van der Waals surface area contributed by atoms with Crippen molar-refractivity contribution in [3.8, 4) is 0 Å². The van der Waals surface area contributed by atoms with E-state index in [9.17, 15) is 4.79 Å². The first-order valence-electron chi connectivity index (χ1n) is 5.32. The van der Waals surface area contributed by atoms with Gasteiger partial charge in [-0.2, -0.15) is 0 Å². The summed E-state index contributed by atoms with van der Waals surface area (Å²) in [6.45, 7) is 1.19. The molecule has 0 amide bonds. The van der Waals surface area contributed by atoms with Crippen molar-refractivity contribution in [3.05, 3.63) is 48.0 Å². The molecule has 0 aliphatic rings. The number of fused-ring (bicyclic) bond motifs is 1. The average molecular weight is 274 g/mol. The number of hydrogen-bond acceptors (Lipinski definition) is 3. The maximum atomic E-state index is 10.8. The van der Waals surface area contributed by atoms with E-state index in [1.54, 1.807) is 12.1 Å². The maximum absolute atomic E-state index is 10.8. The second kappa shape index (κ2) is 9.30. The van der Waals surface area contributed by atoms with Crippen molar-refractivity contribution in [2.75, 3.05) is 13.1 Å². The molecule has 0 fully saturated rings. The molecule has 94 valence electrons. The number of carboxylic acids is 1. The van der Waals surface area contributed by atoms with Crippen molar-refractivity contribution in [2.24, 2.45) is 11.5 Å².